The van der Waals surface area contributed by atoms with E-state index in [1.165, 1.54) is 19.1 Å². The fraction of sp³-hybridized carbons (Fsp3) is 0.350. The molecule has 2 N–H and O–H groups in total. The summed E-state index contributed by atoms with van der Waals surface area (Å²) in [4.78, 5) is 11.4. The van der Waals surface area contributed by atoms with Gasteiger partial charge in [-0.2, -0.15) is 0 Å². The maximum Gasteiger partial charge on any atom is 0.159 e. The van der Waals surface area contributed by atoms with E-state index in [1.54, 1.807) is 30.3 Å². The monoisotopic (exact) mass is 345 g/mol. The van der Waals surface area contributed by atoms with Gasteiger partial charge in [0.05, 0.1) is 0 Å². The molecule has 0 aliphatic heterocycles. The highest BCUT2D eigenvalue weighted by molar-refractivity contribution is 5.94. The Morgan fingerprint density at radius 2 is 1.96 bits per heavy atom. The number of Topliss-reactive ketones (excluding diaryl/α,β-unsaturated/α-hetero) is 1. The van der Waals surface area contributed by atoms with E-state index in [9.17, 15) is 14.3 Å². The number of rotatable bonds is 8. The third kappa shape index (κ3) is 5.66. The zero-order valence-corrected chi connectivity index (χ0v) is 14.8. The van der Waals surface area contributed by atoms with Crippen molar-refractivity contribution < 1.29 is 19.0 Å². The van der Waals surface area contributed by atoms with Crippen LogP contribution in [0.4, 0.5) is 4.39 Å². The molecule has 0 bridgehead atoms. The standard InChI is InChI=1S/C20H24FNO3/c1-14(23)15-6-4-9-19(10-15)25-13-18(24)12-22-20(2,3)16-7-5-8-17(21)11-16/h4-11,18,22,24H,12-13H2,1-3H3. The Labute approximate surface area is 147 Å². The van der Waals surface area contributed by atoms with Crippen molar-refractivity contribution >= 4 is 5.78 Å². The highest BCUT2D eigenvalue weighted by Crippen LogP contribution is 2.20. The third-order valence-electron chi connectivity index (χ3n) is 4.01. The number of ketones is 1. The van der Waals surface area contributed by atoms with E-state index in [0.29, 0.717) is 11.3 Å². The molecule has 0 aliphatic carbocycles. The lowest BCUT2D eigenvalue weighted by molar-refractivity contribution is 0.0981. The summed E-state index contributed by atoms with van der Waals surface area (Å²) in [6, 6.07) is 13.2. The fourth-order valence-electron chi connectivity index (χ4n) is 2.41. The van der Waals surface area contributed by atoms with Crippen LogP contribution < -0.4 is 10.1 Å². The average Bonchev–Trinajstić information content (AvgIpc) is 2.58. The van der Waals surface area contributed by atoms with Gasteiger partial charge in [0.2, 0.25) is 0 Å². The molecule has 1 unspecified atom stereocenters. The van der Waals surface area contributed by atoms with Gasteiger partial charge < -0.3 is 15.2 Å². The summed E-state index contributed by atoms with van der Waals surface area (Å²) in [6.45, 7) is 5.72. The molecule has 25 heavy (non-hydrogen) atoms. The minimum atomic E-state index is -0.742. The Balaban J connectivity index is 1.87. The third-order valence-corrected chi connectivity index (χ3v) is 4.01. The van der Waals surface area contributed by atoms with Crippen LogP contribution in [0.2, 0.25) is 0 Å². The highest BCUT2D eigenvalue weighted by atomic mass is 19.1. The fourth-order valence-corrected chi connectivity index (χ4v) is 2.41. The first-order valence-electron chi connectivity index (χ1n) is 8.21. The first-order valence-corrected chi connectivity index (χ1v) is 8.21. The molecule has 0 aromatic heterocycles. The van der Waals surface area contributed by atoms with Crippen LogP contribution in [-0.4, -0.2) is 30.1 Å². The van der Waals surface area contributed by atoms with Crippen molar-refractivity contribution in [2.75, 3.05) is 13.2 Å². The predicted octanol–water partition coefficient (Wildman–Crippen LogP) is 3.29. The zero-order chi connectivity index (χ0) is 18.4. The van der Waals surface area contributed by atoms with E-state index in [2.05, 4.69) is 5.32 Å². The van der Waals surface area contributed by atoms with Crippen molar-refractivity contribution in [3.8, 4) is 5.75 Å². The van der Waals surface area contributed by atoms with Crippen LogP contribution in [0.25, 0.3) is 0 Å². The number of aliphatic hydroxyl groups is 1. The van der Waals surface area contributed by atoms with Gasteiger partial charge in [0.15, 0.2) is 5.78 Å². The number of hydrogen-bond donors (Lipinski definition) is 2. The Bertz CT molecular complexity index is 730. The molecule has 0 radical (unpaired) electrons. The molecular formula is C20H24FNO3. The van der Waals surface area contributed by atoms with Gasteiger partial charge in [0, 0.05) is 17.6 Å². The molecule has 5 heteroatoms. The van der Waals surface area contributed by atoms with Gasteiger partial charge in [-0.1, -0.05) is 24.3 Å². The molecule has 134 valence electrons. The first-order chi connectivity index (χ1) is 11.8. The minimum Gasteiger partial charge on any atom is -0.491 e. The lowest BCUT2D eigenvalue weighted by atomic mass is 9.94. The molecule has 0 saturated carbocycles. The minimum absolute atomic E-state index is 0.0375. The van der Waals surface area contributed by atoms with Crippen molar-refractivity contribution in [2.45, 2.75) is 32.4 Å². The Kier molecular flexibility index (Phi) is 6.28. The van der Waals surface area contributed by atoms with Crippen molar-refractivity contribution in [1.29, 1.82) is 0 Å². The van der Waals surface area contributed by atoms with E-state index >= 15 is 0 Å². The Hall–Kier alpha value is -2.24. The predicted molar refractivity (Wildman–Crippen MR) is 95.4 cm³/mol. The second-order valence-electron chi connectivity index (χ2n) is 6.57. The van der Waals surface area contributed by atoms with Crippen LogP contribution in [0, 0.1) is 5.82 Å². The molecular weight excluding hydrogens is 321 g/mol. The summed E-state index contributed by atoms with van der Waals surface area (Å²) in [6.07, 6.45) is -0.742. The molecule has 2 aromatic rings. The second-order valence-corrected chi connectivity index (χ2v) is 6.57. The molecule has 2 aromatic carbocycles. The summed E-state index contributed by atoms with van der Waals surface area (Å²) in [7, 11) is 0. The van der Waals surface area contributed by atoms with E-state index in [0.717, 1.165) is 5.56 Å². The number of ether oxygens (including phenoxy) is 1. The molecule has 2 rings (SSSR count). The molecule has 0 aliphatic rings. The lowest BCUT2D eigenvalue weighted by Gasteiger charge is -2.28. The van der Waals surface area contributed by atoms with Gasteiger partial charge in [-0.05, 0) is 50.6 Å². The van der Waals surface area contributed by atoms with Crippen LogP contribution in [0.3, 0.4) is 0 Å². The average molecular weight is 345 g/mol. The van der Waals surface area contributed by atoms with E-state index < -0.39 is 11.6 Å². The topological polar surface area (TPSA) is 58.6 Å². The molecule has 0 spiro atoms. The summed E-state index contributed by atoms with van der Waals surface area (Å²) in [5, 5.41) is 13.3. The summed E-state index contributed by atoms with van der Waals surface area (Å²) >= 11 is 0. The number of aliphatic hydroxyl groups excluding tert-OH is 1. The van der Waals surface area contributed by atoms with Crippen molar-refractivity contribution in [3.05, 3.63) is 65.5 Å². The van der Waals surface area contributed by atoms with Gasteiger partial charge in [0.1, 0.15) is 24.3 Å². The molecule has 0 saturated heterocycles. The lowest BCUT2D eigenvalue weighted by Crippen LogP contribution is -2.42. The van der Waals surface area contributed by atoms with E-state index in [4.69, 9.17) is 4.74 Å². The Morgan fingerprint density at radius 1 is 1.24 bits per heavy atom. The van der Waals surface area contributed by atoms with Gasteiger partial charge >= 0.3 is 0 Å². The summed E-state index contributed by atoms with van der Waals surface area (Å²) in [5.41, 5.74) is 0.879. The molecule has 0 amide bonds. The largest absolute Gasteiger partial charge is 0.491 e. The SMILES string of the molecule is CC(=O)c1cccc(OCC(O)CNC(C)(C)c2cccc(F)c2)c1. The first kappa shape index (κ1) is 19.1. The van der Waals surface area contributed by atoms with Crippen LogP contribution >= 0.6 is 0 Å². The molecule has 1 atom stereocenters. The molecule has 4 nitrogen and oxygen atoms in total. The van der Waals surface area contributed by atoms with Gasteiger partial charge in [-0.25, -0.2) is 4.39 Å². The maximum atomic E-state index is 13.4. The smallest absolute Gasteiger partial charge is 0.159 e. The van der Waals surface area contributed by atoms with E-state index in [-0.39, 0.29) is 24.8 Å². The normalized spacial score (nSPS) is 12.7. The van der Waals surface area contributed by atoms with Crippen molar-refractivity contribution in [1.82, 2.24) is 5.32 Å². The van der Waals surface area contributed by atoms with Crippen LogP contribution in [0.1, 0.15) is 36.7 Å². The van der Waals surface area contributed by atoms with Gasteiger partial charge in [0.25, 0.3) is 0 Å². The maximum absolute atomic E-state index is 13.4. The zero-order valence-electron chi connectivity index (χ0n) is 14.8. The number of carbonyl (C=O) groups is 1. The van der Waals surface area contributed by atoms with E-state index in [1.807, 2.05) is 19.9 Å². The van der Waals surface area contributed by atoms with Gasteiger partial charge in [-0.3, -0.25) is 4.79 Å². The highest BCUT2D eigenvalue weighted by Gasteiger charge is 2.21. The van der Waals surface area contributed by atoms with Crippen LogP contribution in [0.15, 0.2) is 48.5 Å². The number of nitrogens with one attached hydrogen (secondary N) is 1. The number of benzene rings is 2. The van der Waals surface area contributed by atoms with Gasteiger partial charge in [-0.15, -0.1) is 0 Å². The van der Waals surface area contributed by atoms with Crippen LogP contribution in [0.5, 0.6) is 5.75 Å². The summed E-state index contributed by atoms with van der Waals surface area (Å²) < 4.78 is 18.9. The summed E-state index contributed by atoms with van der Waals surface area (Å²) in [5.74, 6) is 0.210. The number of carbonyl (C=O) groups excluding carboxylic acids is 1. The number of hydrogen-bond acceptors (Lipinski definition) is 4. The Morgan fingerprint density at radius 3 is 2.64 bits per heavy atom. The number of halogens is 1. The van der Waals surface area contributed by atoms with Crippen molar-refractivity contribution in [2.24, 2.45) is 0 Å². The quantitative estimate of drug-likeness (QED) is 0.721. The van der Waals surface area contributed by atoms with Crippen LogP contribution in [-0.2, 0) is 5.54 Å². The molecule has 0 fully saturated rings. The second kappa shape index (κ2) is 8.23. The molecule has 0 heterocycles. The van der Waals surface area contributed by atoms with Crippen molar-refractivity contribution in [3.63, 3.8) is 0 Å².